The van der Waals surface area contributed by atoms with Crippen molar-refractivity contribution in [3.63, 3.8) is 0 Å². The van der Waals surface area contributed by atoms with Crippen LogP contribution in [0.4, 0.5) is 8.78 Å². The third kappa shape index (κ3) is 1.16. The Bertz CT molecular complexity index is 353. The first-order valence-electron chi connectivity index (χ1n) is 4.65. The van der Waals surface area contributed by atoms with Gasteiger partial charge in [-0.2, -0.15) is 0 Å². The highest BCUT2D eigenvalue weighted by Crippen LogP contribution is 2.58. The minimum absolute atomic E-state index is 0.144. The van der Waals surface area contributed by atoms with Crippen LogP contribution in [0.15, 0.2) is 18.2 Å². The summed E-state index contributed by atoms with van der Waals surface area (Å²) >= 11 is 0. The lowest BCUT2D eigenvalue weighted by Crippen LogP contribution is -2.06. The standard InChI is InChI=1S/C11H13F2N/c1-11(2)9(10(11)14)8-6(12)4-3-5-7(8)13/h3-5,9-10H,14H2,1-2H3/t9-,10-/m0/s1. The van der Waals surface area contributed by atoms with Crippen LogP contribution in [0.3, 0.4) is 0 Å². The van der Waals surface area contributed by atoms with Gasteiger partial charge in [0.1, 0.15) is 11.6 Å². The van der Waals surface area contributed by atoms with Crippen LogP contribution >= 0.6 is 0 Å². The van der Waals surface area contributed by atoms with Crippen LogP contribution in [0.5, 0.6) is 0 Å². The molecule has 1 fully saturated rings. The summed E-state index contributed by atoms with van der Waals surface area (Å²) in [5, 5.41) is 0. The smallest absolute Gasteiger partial charge is 0.129 e. The van der Waals surface area contributed by atoms with Gasteiger partial charge in [0.05, 0.1) is 0 Å². The SMILES string of the molecule is CC1(C)[C@@H](N)[C@@H]1c1c(F)cccc1F. The maximum Gasteiger partial charge on any atom is 0.129 e. The molecule has 1 aromatic rings. The van der Waals surface area contributed by atoms with E-state index < -0.39 is 11.6 Å². The Balaban J connectivity index is 2.44. The number of rotatable bonds is 1. The molecule has 1 aliphatic carbocycles. The normalized spacial score (nSPS) is 28.9. The van der Waals surface area contributed by atoms with Crippen LogP contribution in [0.25, 0.3) is 0 Å². The second-order valence-electron chi connectivity index (χ2n) is 4.46. The Morgan fingerprint density at radius 1 is 1.21 bits per heavy atom. The first kappa shape index (κ1) is 9.59. The quantitative estimate of drug-likeness (QED) is 0.735. The Kier molecular flexibility index (Phi) is 1.89. The fraction of sp³-hybridized carbons (Fsp3) is 0.455. The molecule has 0 radical (unpaired) electrons. The topological polar surface area (TPSA) is 26.0 Å². The molecule has 3 heteroatoms. The van der Waals surface area contributed by atoms with E-state index in [9.17, 15) is 8.78 Å². The summed E-state index contributed by atoms with van der Waals surface area (Å²) in [4.78, 5) is 0. The molecule has 0 heterocycles. The summed E-state index contributed by atoms with van der Waals surface area (Å²) < 4.78 is 26.7. The van der Waals surface area contributed by atoms with Crippen molar-refractivity contribution < 1.29 is 8.78 Å². The molecular formula is C11H13F2N. The molecule has 0 bridgehead atoms. The van der Waals surface area contributed by atoms with Gasteiger partial charge in [-0.25, -0.2) is 8.78 Å². The zero-order valence-corrected chi connectivity index (χ0v) is 8.22. The van der Waals surface area contributed by atoms with Crippen molar-refractivity contribution in [1.82, 2.24) is 0 Å². The zero-order chi connectivity index (χ0) is 10.5. The lowest BCUT2D eigenvalue weighted by molar-refractivity contribution is 0.530. The molecule has 2 rings (SSSR count). The molecule has 2 N–H and O–H groups in total. The highest BCUT2D eigenvalue weighted by Gasteiger charge is 2.57. The van der Waals surface area contributed by atoms with Crippen LogP contribution in [0.2, 0.25) is 0 Å². The molecule has 1 aromatic carbocycles. The van der Waals surface area contributed by atoms with E-state index in [0.29, 0.717) is 0 Å². The molecule has 76 valence electrons. The monoisotopic (exact) mass is 197 g/mol. The van der Waals surface area contributed by atoms with E-state index in [1.165, 1.54) is 18.2 Å². The predicted molar refractivity (Wildman–Crippen MR) is 50.9 cm³/mol. The predicted octanol–water partition coefficient (Wildman–Crippen LogP) is 2.42. The van der Waals surface area contributed by atoms with E-state index >= 15 is 0 Å². The van der Waals surface area contributed by atoms with Crippen LogP contribution < -0.4 is 5.73 Å². The lowest BCUT2D eigenvalue weighted by Gasteiger charge is -2.05. The maximum absolute atomic E-state index is 13.4. The molecule has 1 aliphatic rings. The number of hydrogen-bond donors (Lipinski definition) is 1. The fourth-order valence-corrected chi connectivity index (χ4v) is 2.04. The number of halogens is 2. The highest BCUT2D eigenvalue weighted by atomic mass is 19.1. The van der Waals surface area contributed by atoms with E-state index in [2.05, 4.69) is 0 Å². The van der Waals surface area contributed by atoms with E-state index in [1.54, 1.807) is 0 Å². The first-order chi connectivity index (χ1) is 6.46. The Morgan fingerprint density at radius 2 is 1.64 bits per heavy atom. The Labute approximate surface area is 81.9 Å². The fourth-order valence-electron chi connectivity index (χ4n) is 2.04. The lowest BCUT2D eigenvalue weighted by atomic mass is 10.0. The number of hydrogen-bond acceptors (Lipinski definition) is 1. The molecule has 1 nitrogen and oxygen atoms in total. The molecule has 14 heavy (non-hydrogen) atoms. The molecule has 0 aromatic heterocycles. The van der Waals surface area contributed by atoms with E-state index in [0.717, 1.165) is 0 Å². The highest BCUT2D eigenvalue weighted by molar-refractivity contribution is 5.36. The Hall–Kier alpha value is -0.960. The van der Waals surface area contributed by atoms with Gasteiger partial charge >= 0.3 is 0 Å². The molecule has 0 aliphatic heterocycles. The minimum atomic E-state index is -0.490. The molecule has 1 saturated carbocycles. The third-order valence-corrected chi connectivity index (χ3v) is 3.22. The molecule has 2 atom stereocenters. The summed E-state index contributed by atoms with van der Waals surface area (Å²) in [7, 11) is 0. The van der Waals surface area contributed by atoms with E-state index in [-0.39, 0.29) is 22.9 Å². The van der Waals surface area contributed by atoms with Gasteiger partial charge in [0.25, 0.3) is 0 Å². The Morgan fingerprint density at radius 3 is 2.00 bits per heavy atom. The van der Waals surface area contributed by atoms with Gasteiger partial charge in [0, 0.05) is 17.5 Å². The van der Waals surface area contributed by atoms with Crippen molar-refractivity contribution in [3.8, 4) is 0 Å². The number of nitrogens with two attached hydrogens (primary N) is 1. The summed E-state index contributed by atoms with van der Waals surface area (Å²) in [6.07, 6.45) is 0. The van der Waals surface area contributed by atoms with E-state index in [4.69, 9.17) is 5.73 Å². The largest absolute Gasteiger partial charge is 0.327 e. The first-order valence-corrected chi connectivity index (χ1v) is 4.65. The van der Waals surface area contributed by atoms with Gasteiger partial charge in [-0.05, 0) is 17.5 Å². The van der Waals surface area contributed by atoms with Crippen molar-refractivity contribution in [2.45, 2.75) is 25.8 Å². The van der Waals surface area contributed by atoms with Crippen LogP contribution in [-0.4, -0.2) is 6.04 Å². The minimum Gasteiger partial charge on any atom is -0.327 e. The molecule has 0 spiro atoms. The summed E-state index contributed by atoms with van der Waals surface area (Å²) in [5.74, 6) is -1.17. The van der Waals surface area contributed by atoms with Crippen molar-refractivity contribution in [2.24, 2.45) is 11.1 Å². The van der Waals surface area contributed by atoms with Gasteiger partial charge in [0.15, 0.2) is 0 Å². The van der Waals surface area contributed by atoms with Crippen molar-refractivity contribution in [3.05, 3.63) is 35.4 Å². The van der Waals surface area contributed by atoms with Crippen molar-refractivity contribution in [1.29, 1.82) is 0 Å². The number of benzene rings is 1. The zero-order valence-electron chi connectivity index (χ0n) is 8.22. The molecular weight excluding hydrogens is 184 g/mol. The van der Waals surface area contributed by atoms with Crippen LogP contribution in [0.1, 0.15) is 25.3 Å². The average Bonchev–Trinajstić information content (AvgIpc) is 2.54. The summed E-state index contributed by atoms with van der Waals surface area (Å²) in [6.45, 7) is 3.85. The molecule has 0 unspecified atom stereocenters. The maximum atomic E-state index is 13.4. The second kappa shape index (κ2) is 2.76. The molecule has 0 amide bonds. The van der Waals surface area contributed by atoms with Crippen molar-refractivity contribution >= 4 is 0 Å². The summed E-state index contributed by atoms with van der Waals surface area (Å²) in [5.41, 5.74) is 5.73. The van der Waals surface area contributed by atoms with Gasteiger partial charge < -0.3 is 5.73 Å². The van der Waals surface area contributed by atoms with Gasteiger partial charge in [-0.1, -0.05) is 19.9 Å². The van der Waals surface area contributed by atoms with Gasteiger partial charge in [-0.3, -0.25) is 0 Å². The molecule has 0 saturated heterocycles. The summed E-state index contributed by atoms with van der Waals surface area (Å²) in [6, 6.07) is 3.78. The van der Waals surface area contributed by atoms with E-state index in [1.807, 2.05) is 13.8 Å². The third-order valence-electron chi connectivity index (χ3n) is 3.22. The second-order valence-corrected chi connectivity index (χ2v) is 4.46. The van der Waals surface area contributed by atoms with Gasteiger partial charge in [-0.15, -0.1) is 0 Å². The van der Waals surface area contributed by atoms with Crippen LogP contribution in [-0.2, 0) is 0 Å². The van der Waals surface area contributed by atoms with Crippen molar-refractivity contribution in [2.75, 3.05) is 0 Å². The average molecular weight is 197 g/mol. The van der Waals surface area contributed by atoms with Crippen LogP contribution in [0, 0.1) is 17.0 Å². The van der Waals surface area contributed by atoms with Gasteiger partial charge in [0.2, 0.25) is 0 Å².